The molecule has 1 atom stereocenters. The molecule has 0 radical (unpaired) electrons. The lowest BCUT2D eigenvalue weighted by Gasteiger charge is -2.12. The lowest BCUT2D eigenvalue weighted by atomic mass is 10.3. The summed E-state index contributed by atoms with van der Waals surface area (Å²) in [7, 11) is 0. The van der Waals surface area contributed by atoms with Crippen LogP contribution in [0.2, 0.25) is 0 Å². The molecule has 0 spiro atoms. The van der Waals surface area contributed by atoms with Gasteiger partial charge in [-0.2, -0.15) is 13.2 Å². The topological polar surface area (TPSA) is 29.1 Å². The molecule has 0 heterocycles. The number of rotatable bonds is 2. The van der Waals surface area contributed by atoms with Crippen LogP contribution >= 0.6 is 0 Å². The van der Waals surface area contributed by atoms with Crippen molar-refractivity contribution in [3.8, 4) is 0 Å². The zero-order chi connectivity index (χ0) is 11.5. The number of para-hydroxylation sites is 1. The molecule has 0 aliphatic rings. The fourth-order valence-electron chi connectivity index (χ4n) is 0.876. The first kappa shape index (κ1) is 11.5. The van der Waals surface area contributed by atoms with Gasteiger partial charge in [0.25, 0.3) is 12.1 Å². The molecular weight excluding hydrogens is 214 g/mol. The lowest BCUT2D eigenvalue weighted by molar-refractivity contribution is -0.183. The summed E-state index contributed by atoms with van der Waals surface area (Å²) in [4.78, 5) is 10.8. The molecule has 1 aromatic carbocycles. The molecule has 2 nitrogen and oxygen atoms in total. The van der Waals surface area contributed by atoms with Gasteiger partial charge in [0.2, 0.25) is 0 Å². The van der Waals surface area contributed by atoms with Gasteiger partial charge in [-0.25, -0.2) is 4.39 Å². The molecule has 15 heavy (non-hydrogen) atoms. The molecule has 1 unspecified atom stereocenters. The van der Waals surface area contributed by atoms with Gasteiger partial charge in [0.15, 0.2) is 0 Å². The Morgan fingerprint density at radius 3 is 2.20 bits per heavy atom. The number of carbonyl (C=O) groups is 1. The van der Waals surface area contributed by atoms with Crippen LogP contribution in [0.25, 0.3) is 0 Å². The van der Waals surface area contributed by atoms with E-state index in [1.165, 1.54) is 24.3 Å². The van der Waals surface area contributed by atoms with Gasteiger partial charge in [0, 0.05) is 5.69 Å². The zero-order valence-electron chi connectivity index (χ0n) is 7.38. The van der Waals surface area contributed by atoms with E-state index >= 15 is 0 Å². The first-order valence-electron chi connectivity index (χ1n) is 3.98. The first-order valence-corrected chi connectivity index (χ1v) is 3.98. The van der Waals surface area contributed by atoms with Crippen LogP contribution in [0.1, 0.15) is 0 Å². The maximum absolute atomic E-state index is 12.5. The van der Waals surface area contributed by atoms with E-state index in [0.29, 0.717) is 0 Å². The number of hydrogen-bond acceptors (Lipinski definition) is 1. The summed E-state index contributed by atoms with van der Waals surface area (Å²) in [6.07, 6.45) is -8.67. The number of carbonyl (C=O) groups excluding carboxylic acids is 1. The van der Waals surface area contributed by atoms with E-state index in [0.717, 1.165) is 0 Å². The fourth-order valence-corrected chi connectivity index (χ4v) is 0.876. The number of amides is 1. The number of nitrogens with one attached hydrogen (secondary N) is 1. The molecule has 1 amide bonds. The molecule has 1 rings (SSSR count). The highest BCUT2D eigenvalue weighted by Crippen LogP contribution is 2.23. The Morgan fingerprint density at radius 2 is 1.73 bits per heavy atom. The van der Waals surface area contributed by atoms with Crippen LogP contribution in [0.15, 0.2) is 30.3 Å². The predicted molar refractivity (Wildman–Crippen MR) is 46.0 cm³/mol. The molecule has 0 aromatic heterocycles. The Balaban J connectivity index is 2.65. The van der Waals surface area contributed by atoms with Crippen LogP contribution < -0.4 is 5.32 Å². The fraction of sp³-hybridized carbons (Fsp3) is 0.222. The lowest BCUT2D eigenvalue weighted by Crippen LogP contribution is -2.36. The number of hydrogen-bond donors (Lipinski definition) is 1. The molecule has 0 fully saturated rings. The van der Waals surface area contributed by atoms with Gasteiger partial charge >= 0.3 is 6.18 Å². The van der Waals surface area contributed by atoms with E-state index in [9.17, 15) is 22.4 Å². The number of alkyl halides is 4. The highest BCUT2D eigenvalue weighted by Gasteiger charge is 2.45. The van der Waals surface area contributed by atoms with Gasteiger partial charge in [-0.15, -0.1) is 0 Å². The maximum atomic E-state index is 12.5. The molecule has 1 N–H and O–H groups in total. The first-order chi connectivity index (χ1) is 6.91. The molecule has 0 aliphatic carbocycles. The smallest absolute Gasteiger partial charge is 0.323 e. The molecule has 1 aromatic rings. The van der Waals surface area contributed by atoms with E-state index in [-0.39, 0.29) is 5.69 Å². The van der Waals surface area contributed by atoms with Crippen molar-refractivity contribution >= 4 is 11.6 Å². The summed E-state index contributed by atoms with van der Waals surface area (Å²) in [5.74, 6) is -1.71. The minimum atomic E-state index is -5.17. The van der Waals surface area contributed by atoms with Crippen molar-refractivity contribution in [3.05, 3.63) is 30.3 Å². The normalized spacial score (nSPS) is 13.3. The average molecular weight is 221 g/mol. The van der Waals surface area contributed by atoms with Gasteiger partial charge in [-0.3, -0.25) is 4.79 Å². The Labute approximate surface area is 82.9 Å². The summed E-state index contributed by atoms with van der Waals surface area (Å²) in [6, 6.07) is 7.36. The minimum absolute atomic E-state index is 0.120. The Kier molecular flexibility index (Phi) is 3.28. The average Bonchev–Trinajstić information content (AvgIpc) is 2.16. The summed E-state index contributed by atoms with van der Waals surface area (Å²) in [6.45, 7) is 0. The van der Waals surface area contributed by atoms with Crippen LogP contribution in [-0.2, 0) is 4.79 Å². The standard InChI is InChI=1S/C9H7F4NO/c10-7(9(11,12)13)8(15)14-6-4-2-1-3-5-6/h1-5,7H,(H,14,15). The van der Waals surface area contributed by atoms with Crippen molar-refractivity contribution in [3.63, 3.8) is 0 Å². The third kappa shape index (κ3) is 3.23. The second-order valence-electron chi connectivity index (χ2n) is 2.76. The summed E-state index contributed by atoms with van der Waals surface area (Å²) < 4.78 is 47.8. The van der Waals surface area contributed by atoms with E-state index in [1.54, 1.807) is 6.07 Å². The van der Waals surface area contributed by atoms with E-state index in [4.69, 9.17) is 0 Å². The monoisotopic (exact) mass is 221 g/mol. The second kappa shape index (κ2) is 4.29. The molecule has 0 saturated heterocycles. The molecule has 0 saturated carbocycles. The maximum Gasteiger partial charge on any atom is 0.428 e. The summed E-state index contributed by atoms with van der Waals surface area (Å²) >= 11 is 0. The third-order valence-electron chi connectivity index (χ3n) is 1.56. The van der Waals surface area contributed by atoms with Gasteiger partial charge in [-0.1, -0.05) is 18.2 Å². The molecular formula is C9H7F4NO. The van der Waals surface area contributed by atoms with Crippen LogP contribution in [-0.4, -0.2) is 18.3 Å². The largest absolute Gasteiger partial charge is 0.428 e. The van der Waals surface area contributed by atoms with Gasteiger partial charge in [0.05, 0.1) is 0 Å². The Hall–Kier alpha value is -1.59. The number of anilines is 1. The van der Waals surface area contributed by atoms with Crippen molar-refractivity contribution in [1.29, 1.82) is 0 Å². The van der Waals surface area contributed by atoms with E-state index in [1.807, 2.05) is 5.32 Å². The third-order valence-corrected chi connectivity index (χ3v) is 1.56. The number of halogens is 4. The SMILES string of the molecule is O=C(Nc1ccccc1)C(F)C(F)(F)F. The van der Waals surface area contributed by atoms with Gasteiger partial charge < -0.3 is 5.32 Å². The van der Waals surface area contributed by atoms with Crippen LogP contribution in [0.4, 0.5) is 23.2 Å². The van der Waals surface area contributed by atoms with Gasteiger partial charge in [0.1, 0.15) is 0 Å². The predicted octanol–water partition coefficient (Wildman–Crippen LogP) is 2.53. The Morgan fingerprint density at radius 1 is 1.20 bits per heavy atom. The molecule has 0 bridgehead atoms. The zero-order valence-corrected chi connectivity index (χ0v) is 7.38. The van der Waals surface area contributed by atoms with Crippen molar-refractivity contribution in [2.24, 2.45) is 0 Å². The van der Waals surface area contributed by atoms with Gasteiger partial charge in [-0.05, 0) is 12.1 Å². The van der Waals surface area contributed by atoms with Crippen molar-refractivity contribution < 1.29 is 22.4 Å². The highest BCUT2D eigenvalue weighted by molar-refractivity contribution is 5.94. The number of benzene rings is 1. The van der Waals surface area contributed by atoms with E-state index in [2.05, 4.69) is 0 Å². The summed E-state index contributed by atoms with van der Waals surface area (Å²) in [5, 5.41) is 1.81. The molecule has 82 valence electrons. The van der Waals surface area contributed by atoms with Crippen molar-refractivity contribution in [1.82, 2.24) is 0 Å². The van der Waals surface area contributed by atoms with Crippen molar-refractivity contribution in [2.45, 2.75) is 12.3 Å². The van der Waals surface area contributed by atoms with E-state index < -0.39 is 18.3 Å². The Bertz CT molecular complexity index is 336. The quantitative estimate of drug-likeness (QED) is 0.764. The second-order valence-corrected chi connectivity index (χ2v) is 2.76. The van der Waals surface area contributed by atoms with Crippen molar-refractivity contribution in [2.75, 3.05) is 5.32 Å². The van der Waals surface area contributed by atoms with Crippen LogP contribution in [0.3, 0.4) is 0 Å². The molecule has 6 heteroatoms. The van der Waals surface area contributed by atoms with Crippen LogP contribution in [0.5, 0.6) is 0 Å². The summed E-state index contributed by atoms with van der Waals surface area (Å²) in [5.41, 5.74) is 0.120. The highest BCUT2D eigenvalue weighted by atomic mass is 19.4. The molecule has 0 aliphatic heterocycles. The minimum Gasteiger partial charge on any atom is -0.323 e. The van der Waals surface area contributed by atoms with Crippen LogP contribution in [0, 0.1) is 0 Å².